The summed E-state index contributed by atoms with van der Waals surface area (Å²) in [6, 6.07) is 10.2. The Bertz CT molecular complexity index is 385. The minimum Gasteiger partial charge on any atom is -0.381 e. The second-order valence-corrected chi connectivity index (χ2v) is 5.15. The van der Waals surface area contributed by atoms with E-state index in [0.29, 0.717) is 12.3 Å². The van der Waals surface area contributed by atoms with Crippen LogP contribution in [0.4, 0.5) is 0 Å². The Labute approximate surface area is 115 Å². The van der Waals surface area contributed by atoms with Crippen LogP contribution in [0.2, 0.25) is 0 Å². The zero-order valence-electron chi connectivity index (χ0n) is 11.7. The second kappa shape index (κ2) is 7.29. The van der Waals surface area contributed by atoms with Crippen molar-refractivity contribution in [2.75, 3.05) is 19.8 Å². The molecule has 0 aromatic heterocycles. The van der Waals surface area contributed by atoms with Gasteiger partial charge in [0.05, 0.1) is 0 Å². The molecular formula is C16H23NO2. The van der Waals surface area contributed by atoms with Crippen LogP contribution < -0.4 is 0 Å². The van der Waals surface area contributed by atoms with E-state index in [2.05, 4.69) is 12.1 Å². The van der Waals surface area contributed by atoms with Gasteiger partial charge >= 0.3 is 0 Å². The molecule has 1 heterocycles. The van der Waals surface area contributed by atoms with Gasteiger partial charge in [0.15, 0.2) is 0 Å². The number of carbonyl (C=O) groups is 1. The van der Waals surface area contributed by atoms with Gasteiger partial charge in [-0.05, 0) is 31.2 Å². The molecule has 3 nitrogen and oxygen atoms in total. The van der Waals surface area contributed by atoms with E-state index in [9.17, 15) is 4.79 Å². The maximum atomic E-state index is 12.3. The van der Waals surface area contributed by atoms with Crippen molar-refractivity contribution >= 4 is 5.91 Å². The number of ether oxygens (including phenoxy) is 1. The average molecular weight is 261 g/mol. The molecule has 0 spiro atoms. The lowest BCUT2D eigenvalue weighted by Crippen LogP contribution is -2.32. The Balaban J connectivity index is 1.87. The first-order valence-electron chi connectivity index (χ1n) is 7.19. The molecule has 1 fully saturated rings. The Morgan fingerprint density at radius 3 is 2.58 bits per heavy atom. The summed E-state index contributed by atoms with van der Waals surface area (Å²) in [6.45, 7) is 5.16. The van der Waals surface area contributed by atoms with E-state index in [1.54, 1.807) is 0 Å². The summed E-state index contributed by atoms with van der Waals surface area (Å²) in [5, 5.41) is 0. The highest BCUT2D eigenvalue weighted by atomic mass is 16.5. The van der Waals surface area contributed by atoms with Gasteiger partial charge in [-0.3, -0.25) is 4.79 Å². The van der Waals surface area contributed by atoms with Crippen LogP contribution in [0.5, 0.6) is 0 Å². The third-order valence-electron chi connectivity index (χ3n) is 3.75. The van der Waals surface area contributed by atoms with Crippen molar-refractivity contribution in [2.45, 2.75) is 32.7 Å². The molecule has 104 valence electrons. The molecule has 1 amide bonds. The molecule has 0 bridgehead atoms. The normalized spacial score (nSPS) is 16.3. The highest BCUT2D eigenvalue weighted by Gasteiger charge is 2.20. The molecule has 2 rings (SSSR count). The number of amides is 1. The molecular weight excluding hydrogens is 238 g/mol. The molecule has 0 aliphatic carbocycles. The molecule has 0 saturated carbocycles. The van der Waals surface area contributed by atoms with Gasteiger partial charge in [-0.1, -0.05) is 30.3 Å². The van der Waals surface area contributed by atoms with Gasteiger partial charge in [0.25, 0.3) is 0 Å². The van der Waals surface area contributed by atoms with Gasteiger partial charge in [-0.25, -0.2) is 0 Å². The summed E-state index contributed by atoms with van der Waals surface area (Å²) in [4.78, 5) is 14.3. The standard InChI is InChI=1S/C16H23NO2/c1-2-17(13-15-6-4-3-5-7-15)16(18)12-14-8-10-19-11-9-14/h3-7,14H,2,8-13H2,1H3. The van der Waals surface area contributed by atoms with Crippen LogP contribution in [0.15, 0.2) is 30.3 Å². The summed E-state index contributed by atoms with van der Waals surface area (Å²) < 4.78 is 5.34. The Morgan fingerprint density at radius 1 is 1.26 bits per heavy atom. The number of nitrogens with zero attached hydrogens (tertiary/aromatic N) is 1. The van der Waals surface area contributed by atoms with Crippen molar-refractivity contribution in [2.24, 2.45) is 5.92 Å². The van der Waals surface area contributed by atoms with Crippen molar-refractivity contribution in [1.82, 2.24) is 4.90 Å². The van der Waals surface area contributed by atoms with Crippen LogP contribution in [0.1, 0.15) is 31.7 Å². The minimum atomic E-state index is 0.276. The summed E-state index contributed by atoms with van der Waals surface area (Å²) in [5.74, 6) is 0.782. The number of hydrogen-bond donors (Lipinski definition) is 0. The fourth-order valence-corrected chi connectivity index (χ4v) is 2.51. The molecule has 1 saturated heterocycles. The van der Waals surface area contributed by atoms with Crippen LogP contribution in [-0.2, 0) is 16.1 Å². The van der Waals surface area contributed by atoms with E-state index in [0.717, 1.165) is 39.1 Å². The Morgan fingerprint density at radius 2 is 1.95 bits per heavy atom. The third-order valence-corrected chi connectivity index (χ3v) is 3.75. The SMILES string of the molecule is CCN(Cc1ccccc1)C(=O)CC1CCOCC1. The van der Waals surface area contributed by atoms with E-state index in [4.69, 9.17) is 4.74 Å². The number of benzene rings is 1. The lowest BCUT2D eigenvalue weighted by atomic mass is 9.96. The molecule has 0 unspecified atom stereocenters. The topological polar surface area (TPSA) is 29.5 Å². The molecule has 1 aromatic rings. The molecule has 1 aliphatic heterocycles. The van der Waals surface area contributed by atoms with Gasteiger partial charge in [-0.15, -0.1) is 0 Å². The van der Waals surface area contributed by atoms with Crippen molar-refractivity contribution in [1.29, 1.82) is 0 Å². The van der Waals surface area contributed by atoms with E-state index < -0.39 is 0 Å². The van der Waals surface area contributed by atoms with E-state index in [-0.39, 0.29) is 5.91 Å². The minimum absolute atomic E-state index is 0.276. The number of carbonyl (C=O) groups excluding carboxylic acids is 1. The molecule has 19 heavy (non-hydrogen) atoms. The molecule has 3 heteroatoms. The lowest BCUT2D eigenvalue weighted by Gasteiger charge is -2.26. The number of hydrogen-bond acceptors (Lipinski definition) is 2. The van der Waals surface area contributed by atoms with Crippen molar-refractivity contribution in [3.05, 3.63) is 35.9 Å². The fourth-order valence-electron chi connectivity index (χ4n) is 2.51. The van der Waals surface area contributed by atoms with Gasteiger partial charge < -0.3 is 9.64 Å². The highest BCUT2D eigenvalue weighted by Crippen LogP contribution is 2.20. The summed E-state index contributed by atoms with van der Waals surface area (Å²) in [7, 11) is 0. The van der Waals surface area contributed by atoms with Gasteiger partial charge in [0, 0.05) is 32.7 Å². The van der Waals surface area contributed by atoms with Crippen molar-refractivity contribution < 1.29 is 9.53 Å². The molecule has 0 N–H and O–H groups in total. The van der Waals surface area contributed by atoms with Crippen LogP contribution in [0.25, 0.3) is 0 Å². The predicted octanol–water partition coefficient (Wildman–Crippen LogP) is 2.85. The molecule has 1 aromatic carbocycles. The van der Waals surface area contributed by atoms with E-state index in [1.807, 2.05) is 30.0 Å². The largest absolute Gasteiger partial charge is 0.381 e. The predicted molar refractivity (Wildman–Crippen MR) is 75.7 cm³/mol. The Kier molecular flexibility index (Phi) is 5.40. The molecule has 1 aliphatic rings. The quantitative estimate of drug-likeness (QED) is 0.815. The van der Waals surface area contributed by atoms with Crippen LogP contribution in [-0.4, -0.2) is 30.6 Å². The molecule has 0 atom stereocenters. The third kappa shape index (κ3) is 4.35. The van der Waals surface area contributed by atoms with E-state index in [1.165, 1.54) is 5.56 Å². The first kappa shape index (κ1) is 14.1. The van der Waals surface area contributed by atoms with Crippen LogP contribution in [0, 0.1) is 5.92 Å². The zero-order valence-corrected chi connectivity index (χ0v) is 11.7. The first-order valence-corrected chi connectivity index (χ1v) is 7.19. The summed E-state index contributed by atoms with van der Waals surface area (Å²) in [5.41, 5.74) is 1.20. The maximum Gasteiger partial charge on any atom is 0.223 e. The maximum absolute atomic E-state index is 12.3. The zero-order chi connectivity index (χ0) is 13.5. The average Bonchev–Trinajstić information content (AvgIpc) is 2.47. The van der Waals surface area contributed by atoms with E-state index >= 15 is 0 Å². The van der Waals surface area contributed by atoms with Crippen LogP contribution >= 0.6 is 0 Å². The molecule has 0 radical (unpaired) electrons. The smallest absolute Gasteiger partial charge is 0.223 e. The monoisotopic (exact) mass is 261 g/mol. The van der Waals surface area contributed by atoms with Crippen molar-refractivity contribution in [3.8, 4) is 0 Å². The highest BCUT2D eigenvalue weighted by molar-refractivity contribution is 5.76. The van der Waals surface area contributed by atoms with Crippen LogP contribution in [0.3, 0.4) is 0 Å². The van der Waals surface area contributed by atoms with Gasteiger partial charge in [0.1, 0.15) is 0 Å². The summed E-state index contributed by atoms with van der Waals surface area (Å²) in [6.07, 6.45) is 2.72. The fraction of sp³-hybridized carbons (Fsp3) is 0.562. The Hall–Kier alpha value is -1.35. The number of rotatable bonds is 5. The first-order chi connectivity index (χ1) is 9.29. The van der Waals surface area contributed by atoms with Crippen molar-refractivity contribution in [3.63, 3.8) is 0 Å². The van der Waals surface area contributed by atoms with Gasteiger partial charge in [-0.2, -0.15) is 0 Å². The summed E-state index contributed by atoms with van der Waals surface area (Å²) >= 11 is 0. The van der Waals surface area contributed by atoms with Gasteiger partial charge in [0.2, 0.25) is 5.91 Å². The second-order valence-electron chi connectivity index (χ2n) is 5.15. The lowest BCUT2D eigenvalue weighted by molar-refractivity contribution is -0.133.